The normalized spacial score (nSPS) is 19.8. The van der Waals surface area contributed by atoms with E-state index in [1.54, 1.807) is 17.6 Å². The van der Waals surface area contributed by atoms with Gasteiger partial charge in [-0.25, -0.2) is 9.98 Å². The highest BCUT2D eigenvalue weighted by atomic mass is 28.4. The van der Waals surface area contributed by atoms with Gasteiger partial charge in [-0.05, 0) is 29.3 Å². The Morgan fingerprint density at radius 2 is 1.78 bits per heavy atom. The molecule has 1 saturated heterocycles. The lowest BCUT2D eigenvalue weighted by molar-refractivity contribution is -0.172. The molecule has 2 unspecified atom stereocenters. The third-order valence-electron chi connectivity index (χ3n) is 8.13. The number of benzene rings is 2. The minimum atomic E-state index is -2.82. The van der Waals surface area contributed by atoms with Crippen LogP contribution in [0.2, 0.25) is 5.04 Å². The second-order valence-corrected chi connectivity index (χ2v) is 16.9. The number of aromatic amines is 1. The first-order valence-electron chi connectivity index (χ1n) is 15.5. The molecule has 1 aliphatic rings. The van der Waals surface area contributed by atoms with Gasteiger partial charge in [-0.2, -0.15) is 0 Å². The lowest BCUT2D eigenvalue weighted by atomic mass is 10.2. The summed E-state index contributed by atoms with van der Waals surface area (Å²) >= 11 is 0. The fourth-order valence-electron chi connectivity index (χ4n) is 6.16. The van der Waals surface area contributed by atoms with Crippen molar-refractivity contribution in [1.82, 2.24) is 19.4 Å². The summed E-state index contributed by atoms with van der Waals surface area (Å²) in [4.78, 5) is 26.3. The van der Waals surface area contributed by atoms with Crippen molar-refractivity contribution in [2.75, 3.05) is 27.3 Å². The summed E-state index contributed by atoms with van der Waals surface area (Å²) < 4.78 is 28.1. The Kier molecular flexibility index (Phi) is 10.0. The third kappa shape index (κ3) is 6.97. The predicted octanol–water partition coefficient (Wildman–Crippen LogP) is 4.58. The van der Waals surface area contributed by atoms with Gasteiger partial charge < -0.3 is 33.1 Å². The number of imidazole rings is 1. The second kappa shape index (κ2) is 13.8. The van der Waals surface area contributed by atoms with Crippen LogP contribution in [0.3, 0.4) is 0 Å². The number of nitrogens with one attached hydrogen (secondary N) is 1. The van der Waals surface area contributed by atoms with Crippen LogP contribution in [0.1, 0.15) is 47.3 Å². The van der Waals surface area contributed by atoms with E-state index in [9.17, 15) is 4.79 Å². The van der Waals surface area contributed by atoms with Crippen LogP contribution in [0.15, 0.2) is 82.8 Å². The van der Waals surface area contributed by atoms with Crippen molar-refractivity contribution >= 4 is 41.9 Å². The molecule has 11 heteroatoms. The zero-order chi connectivity index (χ0) is 32.2. The lowest BCUT2D eigenvalue weighted by Gasteiger charge is -2.43. The molecule has 0 amide bonds. The maximum absolute atomic E-state index is 12.9. The Hall–Kier alpha value is -3.61. The molecule has 0 radical (unpaired) electrons. The molecule has 1 N–H and O–H groups in total. The molecule has 0 bridgehead atoms. The topological polar surface area (TPSA) is 103 Å². The molecule has 4 aromatic rings. The monoisotopic (exact) mass is 631 g/mol. The van der Waals surface area contributed by atoms with Crippen LogP contribution in [0.5, 0.6) is 0 Å². The summed E-state index contributed by atoms with van der Waals surface area (Å²) in [6.07, 6.45) is 2.24. The molecule has 10 nitrogen and oxygen atoms in total. The number of pyridine rings is 1. The van der Waals surface area contributed by atoms with Crippen molar-refractivity contribution in [3.63, 3.8) is 0 Å². The van der Waals surface area contributed by atoms with E-state index in [2.05, 4.69) is 84.3 Å². The largest absolute Gasteiger partial charge is 0.405 e. The first kappa shape index (κ1) is 32.8. The van der Waals surface area contributed by atoms with Crippen LogP contribution in [-0.4, -0.2) is 79.9 Å². The molecular formula is C34H45N5O5Si. The van der Waals surface area contributed by atoms with Crippen LogP contribution in [0, 0.1) is 0 Å². The summed E-state index contributed by atoms with van der Waals surface area (Å²) in [5.41, 5.74) is 0.661. The van der Waals surface area contributed by atoms with Gasteiger partial charge in [-0.15, -0.1) is 0 Å². The lowest BCUT2D eigenvalue weighted by Crippen LogP contribution is -2.67. The van der Waals surface area contributed by atoms with Gasteiger partial charge in [-0.3, -0.25) is 4.79 Å². The Morgan fingerprint density at radius 3 is 2.36 bits per heavy atom. The van der Waals surface area contributed by atoms with Crippen LogP contribution in [-0.2, 0) is 18.6 Å². The van der Waals surface area contributed by atoms with Crippen molar-refractivity contribution in [1.29, 1.82) is 0 Å². The van der Waals surface area contributed by atoms with Crippen molar-refractivity contribution in [3.8, 4) is 0 Å². The van der Waals surface area contributed by atoms with E-state index in [0.717, 1.165) is 0 Å². The zero-order valence-corrected chi connectivity index (χ0v) is 28.3. The molecule has 0 saturated carbocycles. The van der Waals surface area contributed by atoms with Crippen molar-refractivity contribution in [3.05, 3.63) is 83.4 Å². The summed E-state index contributed by atoms with van der Waals surface area (Å²) in [6, 6.07) is 22.9. The van der Waals surface area contributed by atoms with E-state index >= 15 is 0 Å². The highest BCUT2D eigenvalue weighted by Crippen LogP contribution is 2.39. The summed E-state index contributed by atoms with van der Waals surface area (Å²) in [5, 5.41) is 2.21. The summed E-state index contributed by atoms with van der Waals surface area (Å²) in [5.74, 6) is 0.435. The first-order valence-corrected chi connectivity index (χ1v) is 17.4. The number of fused-ring (bicyclic) bond motifs is 1. The fourth-order valence-corrected chi connectivity index (χ4v) is 10.7. The van der Waals surface area contributed by atoms with E-state index in [4.69, 9.17) is 18.6 Å². The Morgan fingerprint density at radius 1 is 1.13 bits per heavy atom. The van der Waals surface area contributed by atoms with Crippen molar-refractivity contribution in [2.45, 2.75) is 70.8 Å². The Labute approximate surface area is 266 Å². The van der Waals surface area contributed by atoms with Gasteiger partial charge in [0, 0.05) is 33.2 Å². The molecule has 240 valence electrons. The fraction of sp³-hybridized carbons (Fsp3) is 0.441. The summed E-state index contributed by atoms with van der Waals surface area (Å²) in [7, 11) is 0.922. The molecule has 2 aromatic heterocycles. The zero-order valence-electron chi connectivity index (χ0n) is 27.3. The maximum atomic E-state index is 12.9. The number of aliphatic imine (C=N–C) groups is 1. The molecule has 2 aromatic carbocycles. The van der Waals surface area contributed by atoms with Gasteiger partial charge in [0.2, 0.25) is 0 Å². The smallest absolute Gasteiger partial charge is 0.277 e. The Bertz CT molecular complexity index is 1590. The van der Waals surface area contributed by atoms with E-state index in [1.165, 1.54) is 10.4 Å². The number of H-pyrrole nitrogens is 1. The van der Waals surface area contributed by atoms with E-state index < -0.39 is 26.9 Å². The standard InChI is InChI=1S/C34H45N5O5Si/c1-8-41-24(2)43-28-20-31(39-23-36-32-27(39)19-30(37-33(32)40)35-22-38(6)7)44-29(28)21-42-45(34(3,4)5,25-15-11-9-12-16-25)26-17-13-10-14-18-26/h9-19,22-24,28-29,31H,8,20-21H2,1-7H3,(H,37,40)/b35-22-/t24?,28?,29-,31-/m1/s1. The highest BCUT2D eigenvalue weighted by molar-refractivity contribution is 6.99. The van der Waals surface area contributed by atoms with Crippen LogP contribution in [0.25, 0.3) is 11.0 Å². The predicted molar refractivity (Wildman–Crippen MR) is 180 cm³/mol. The summed E-state index contributed by atoms with van der Waals surface area (Å²) in [6.45, 7) is 11.5. The van der Waals surface area contributed by atoms with Gasteiger partial charge in [0.05, 0.1) is 30.9 Å². The molecule has 4 atom stereocenters. The van der Waals surface area contributed by atoms with Crippen molar-refractivity contribution in [2.24, 2.45) is 4.99 Å². The average Bonchev–Trinajstić information content (AvgIpc) is 3.61. The molecule has 5 rings (SSSR count). The maximum Gasteiger partial charge on any atom is 0.277 e. The molecule has 0 spiro atoms. The third-order valence-corrected chi connectivity index (χ3v) is 13.1. The van der Waals surface area contributed by atoms with Crippen LogP contribution >= 0.6 is 0 Å². The van der Waals surface area contributed by atoms with Crippen LogP contribution < -0.4 is 15.9 Å². The number of ether oxygens (including phenoxy) is 3. The SMILES string of the molecule is CCOC(C)OC1C[C@H](n2cnc3c(=O)[nH]c(/N=C\N(C)C)cc32)O[C@@H]1CO[Si](c1ccccc1)(c1ccccc1)C(C)(C)C. The second-order valence-electron chi connectivity index (χ2n) is 12.6. The Balaban J connectivity index is 1.50. The highest BCUT2D eigenvalue weighted by Gasteiger charge is 2.51. The molecule has 45 heavy (non-hydrogen) atoms. The van der Waals surface area contributed by atoms with Gasteiger partial charge in [0.1, 0.15) is 18.1 Å². The molecule has 1 fully saturated rings. The van der Waals surface area contributed by atoms with Gasteiger partial charge in [0.25, 0.3) is 13.9 Å². The van der Waals surface area contributed by atoms with E-state index in [1.807, 2.05) is 50.7 Å². The molecule has 0 aliphatic carbocycles. The molecule has 3 heterocycles. The number of rotatable bonds is 12. The van der Waals surface area contributed by atoms with E-state index in [-0.39, 0.29) is 16.7 Å². The van der Waals surface area contributed by atoms with Crippen molar-refractivity contribution < 1.29 is 18.6 Å². The number of nitrogens with zero attached hydrogens (tertiary/aromatic N) is 4. The average molecular weight is 632 g/mol. The van der Waals surface area contributed by atoms with Gasteiger partial charge >= 0.3 is 0 Å². The number of hydrogen-bond acceptors (Lipinski definition) is 7. The minimum Gasteiger partial charge on any atom is -0.405 e. The minimum absolute atomic E-state index is 0.187. The van der Waals surface area contributed by atoms with Gasteiger partial charge in [0.15, 0.2) is 11.8 Å². The quantitative estimate of drug-likeness (QED) is 0.106. The van der Waals surface area contributed by atoms with Crippen LogP contribution in [0.4, 0.5) is 5.82 Å². The van der Waals surface area contributed by atoms with E-state index in [0.29, 0.717) is 36.5 Å². The molecule has 1 aliphatic heterocycles. The first-order chi connectivity index (χ1) is 21.5. The molecular weight excluding hydrogens is 586 g/mol. The number of aromatic nitrogens is 3. The number of hydrogen-bond donors (Lipinski definition) is 1. The van der Waals surface area contributed by atoms with Gasteiger partial charge in [-0.1, -0.05) is 81.4 Å².